The minimum atomic E-state index is 0.305. The summed E-state index contributed by atoms with van der Waals surface area (Å²) in [7, 11) is 0. The van der Waals surface area contributed by atoms with Gasteiger partial charge >= 0.3 is 0 Å². The number of rotatable bonds is 4. The van der Waals surface area contributed by atoms with Crippen LogP contribution in [0, 0.1) is 0 Å². The molecular weight excluding hydrogens is 230 g/mol. The molecule has 2 atom stereocenters. The largest absolute Gasteiger partial charge is 0.341 e. The maximum atomic E-state index is 11.8. The molecule has 0 spiro atoms. The number of carbonyl (C=O) groups excluding carboxylic acids is 1. The number of alkyl halides is 1. The molecule has 1 aliphatic heterocycles. The molecule has 0 bridgehead atoms. The standard InChI is InChI=1S/C11H20ClNOS/c1-9-7-13(8-10(2)15-9)11(14)5-3-4-6-12/h9-10H,3-8H2,1-2H3. The van der Waals surface area contributed by atoms with Crippen LogP contribution in [0.2, 0.25) is 0 Å². The van der Waals surface area contributed by atoms with Crippen molar-refractivity contribution in [1.82, 2.24) is 4.90 Å². The molecule has 1 heterocycles. The van der Waals surface area contributed by atoms with E-state index in [1.807, 2.05) is 16.7 Å². The average Bonchev–Trinajstić information content (AvgIpc) is 2.16. The molecule has 0 aliphatic carbocycles. The Morgan fingerprint density at radius 3 is 2.47 bits per heavy atom. The summed E-state index contributed by atoms with van der Waals surface area (Å²) in [6, 6.07) is 0. The Bertz CT molecular complexity index is 203. The van der Waals surface area contributed by atoms with Gasteiger partial charge in [-0.05, 0) is 12.8 Å². The number of amides is 1. The zero-order valence-electron chi connectivity index (χ0n) is 9.54. The lowest BCUT2D eigenvalue weighted by Gasteiger charge is -2.34. The summed E-state index contributed by atoms with van der Waals surface area (Å²) in [5.41, 5.74) is 0. The molecule has 1 amide bonds. The van der Waals surface area contributed by atoms with Crippen molar-refractivity contribution in [3.05, 3.63) is 0 Å². The zero-order chi connectivity index (χ0) is 11.3. The Labute approximate surface area is 102 Å². The van der Waals surface area contributed by atoms with Crippen molar-refractivity contribution in [2.45, 2.75) is 43.6 Å². The van der Waals surface area contributed by atoms with Gasteiger partial charge in [0.15, 0.2) is 0 Å². The molecule has 1 saturated heterocycles. The second-order valence-electron chi connectivity index (χ2n) is 4.20. The highest BCUT2D eigenvalue weighted by Gasteiger charge is 2.25. The Balaban J connectivity index is 2.31. The highest BCUT2D eigenvalue weighted by atomic mass is 35.5. The van der Waals surface area contributed by atoms with Gasteiger partial charge in [0.1, 0.15) is 0 Å². The van der Waals surface area contributed by atoms with E-state index < -0.39 is 0 Å². The van der Waals surface area contributed by atoms with Crippen molar-refractivity contribution in [3.8, 4) is 0 Å². The van der Waals surface area contributed by atoms with Gasteiger partial charge in [0.25, 0.3) is 0 Å². The van der Waals surface area contributed by atoms with Crippen LogP contribution in [0.15, 0.2) is 0 Å². The first-order valence-electron chi connectivity index (χ1n) is 5.62. The molecule has 0 radical (unpaired) electrons. The number of thioether (sulfide) groups is 1. The van der Waals surface area contributed by atoms with Crippen LogP contribution in [0.4, 0.5) is 0 Å². The lowest BCUT2D eigenvalue weighted by Crippen LogP contribution is -2.43. The summed E-state index contributed by atoms with van der Waals surface area (Å²) in [6.07, 6.45) is 2.53. The van der Waals surface area contributed by atoms with Crippen LogP contribution < -0.4 is 0 Å². The first kappa shape index (κ1) is 13.2. The Morgan fingerprint density at radius 1 is 1.33 bits per heavy atom. The smallest absolute Gasteiger partial charge is 0.222 e. The van der Waals surface area contributed by atoms with Gasteiger partial charge in [-0.2, -0.15) is 11.8 Å². The Kier molecular flexibility index (Phi) is 5.83. The monoisotopic (exact) mass is 249 g/mol. The first-order chi connectivity index (χ1) is 7.13. The molecule has 4 heteroatoms. The lowest BCUT2D eigenvalue weighted by atomic mass is 10.2. The SMILES string of the molecule is CC1CN(C(=O)CCCCCl)CC(C)S1. The predicted octanol–water partition coefficient (Wildman–Crippen LogP) is 2.75. The van der Waals surface area contributed by atoms with Crippen LogP contribution in [-0.2, 0) is 4.79 Å². The minimum absolute atomic E-state index is 0.305. The van der Waals surface area contributed by atoms with Gasteiger partial charge in [0.2, 0.25) is 5.91 Å². The fourth-order valence-electron chi connectivity index (χ4n) is 1.91. The van der Waals surface area contributed by atoms with Gasteiger partial charge < -0.3 is 4.90 Å². The topological polar surface area (TPSA) is 20.3 Å². The summed E-state index contributed by atoms with van der Waals surface area (Å²) in [5.74, 6) is 0.967. The van der Waals surface area contributed by atoms with E-state index in [0.717, 1.165) is 25.9 Å². The number of hydrogen-bond donors (Lipinski definition) is 0. The van der Waals surface area contributed by atoms with Crippen molar-refractivity contribution in [2.75, 3.05) is 19.0 Å². The highest BCUT2D eigenvalue weighted by Crippen LogP contribution is 2.25. The van der Waals surface area contributed by atoms with E-state index in [1.165, 1.54) is 0 Å². The van der Waals surface area contributed by atoms with Crippen molar-refractivity contribution >= 4 is 29.3 Å². The highest BCUT2D eigenvalue weighted by molar-refractivity contribution is 8.00. The van der Waals surface area contributed by atoms with Crippen LogP contribution in [0.3, 0.4) is 0 Å². The Morgan fingerprint density at radius 2 is 1.93 bits per heavy atom. The maximum absolute atomic E-state index is 11.8. The molecule has 0 aromatic carbocycles. The summed E-state index contributed by atoms with van der Waals surface area (Å²) in [6.45, 7) is 6.21. The van der Waals surface area contributed by atoms with Crippen molar-refractivity contribution in [1.29, 1.82) is 0 Å². The number of nitrogens with zero attached hydrogens (tertiary/aromatic N) is 1. The van der Waals surface area contributed by atoms with Gasteiger partial charge in [-0.1, -0.05) is 13.8 Å². The zero-order valence-corrected chi connectivity index (χ0v) is 11.1. The van der Waals surface area contributed by atoms with E-state index in [4.69, 9.17) is 11.6 Å². The van der Waals surface area contributed by atoms with E-state index in [-0.39, 0.29) is 0 Å². The van der Waals surface area contributed by atoms with Crippen LogP contribution in [0.25, 0.3) is 0 Å². The van der Waals surface area contributed by atoms with Crippen LogP contribution in [-0.4, -0.2) is 40.3 Å². The third-order valence-corrected chi connectivity index (χ3v) is 4.04. The quantitative estimate of drug-likeness (QED) is 0.564. The maximum Gasteiger partial charge on any atom is 0.222 e. The molecule has 0 aromatic heterocycles. The van der Waals surface area contributed by atoms with Crippen LogP contribution in [0.1, 0.15) is 33.1 Å². The fraction of sp³-hybridized carbons (Fsp3) is 0.909. The molecule has 2 nitrogen and oxygen atoms in total. The number of unbranched alkanes of at least 4 members (excludes halogenated alkanes) is 1. The van der Waals surface area contributed by atoms with Crippen molar-refractivity contribution in [3.63, 3.8) is 0 Å². The molecule has 1 aliphatic rings. The van der Waals surface area contributed by atoms with Crippen LogP contribution in [0.5, 0.6) is 0 Å². The molecule has 1 rings (SSSR count). The average molecular weight is 250 g/mol. The summed E-state index contributed by atoms with van der Waals surface area (Å²) < 4.78 is 0. The second-order valence-corrected chi connectivity index (χ2v) is 6.46. The van der Waals surface area contributed by atoms with Crippen molar-refractivity contribution < 1.29 is 4.79 Å². The number of hydrogen-bond acceptors (Lipinski definition) is 2. The first-order valence-corrected chi connectivity index (χ1v) is 7.10. The van der Waals surface area contributed by atoms with E-state index in [9.17, 15) is 4.79 Å². The molecule has 0 N–H and O–H groups in total. The normalized spacial score (nSPS) is 26.7. The number of halogens is 1. The van der Waals surface area contributed by atoms with Crippen LogP contribution >= 0.6 is 23.4 Å². The van der Waals surface area contributed by atoms with E-state index >= 15 is 0 Å². The second kappa shape index (κ2) is 6.64. The summed E-state index contributed by atoms with van der Waals surface area (Å²) >= 11 is 7.56. The molecule has 1 fully saturated rings. The fourth-order valence-corrected chi connectivity index (χ4v) is 3.42. The van der Waals surface area contributed by atoms with Crippen molar-refractivity contribution in [2.24, 2.45) is 0 Å². The third kappa shape index (κ3) is 4.64. The lowest BCUT2D eigenvalue weighted by molar-refractivity contribution is -0.131. The van der Waals surface area contributed by atoms with Gasteiger partial charge in [-0.3, -0.25) is 4.79 Å². The molecule has 0 aromatic rings. The molecule has 0 saturated carbocycles. The minimum Gasteiger partial charge on any atom is -0.341 e. The molecule has 2 unspecified atom stereocenters. The number of carbonyl (C=O) groups is 1. The summed E-state index contributed by atoms with van der Waals surface area (Å²) in [4.78, 5) is 13.9. The van der Waals surface area contributed by atoms with Gasteiger partial charge in [0.05, 0.1) is 0 Å². The third-order valence-electron chi connectivity index (χ3n) is 2.55. The Hall–Kier alpha value is 0.110. The molecule has 88 valence electrons. The molecule has 15 heavy (non-hydrogen) atoms. The van der Waals surface area contributed by atoms with Gasteiger partial charge in [-0.25, -0.2) is 0 Å². The van der Waals surface area contributed by atoms with E-state index in [2.05, 4.69) is 13.8 Å². The van der Waals surface area contributed by atoms with Gasteiger partial charge in [-0.15, -0.1) is 11.6 Å². The van der Waals surface area contributed by atoms with E-state index in [0.29, 0.717) is 28.7 Å². The van der Waals surface area contributed by atoms with E-state index in [1.54, 1.807) is 0 Å². The predicted molar refractivity (Wildman–Crippen MR) is 67.7 cm³/mol. The van der Waals surface area contributed by atoms with Gasteiger partial charge in [0, 0.05) is 35.9 Å². The molecular formula is C11H20ClNOS. The summed E-state index contributed by atoms with van der Waals surface area (Å²) in [5, 5.41) is 1.15.